The fourth-order valence-corrected chi connectivity index (χ4v) is 2.99. The lowest BCUT2D eigenvalue weighted by molar-refractivity contribution is -0.147. The van der Waals surface area contributed by atoms with Crippen molar-refractivity contribution in [3.63, 3.8) is 0 Å². The molecule has 0 N–H and O–H groups in total. The Morgan fingerprint density at radius 2 is 1.74 bits per heavy atom. The van der Waals surface area contributed by atoms with Gasteiger partial charge in [-0.1, -0.05) is 17.7 Å². The summed E-state index contributed by atoms with van der Waals surface area (Å²) in [4.78, 5) is 23.8. The molecule has 6 heteroatoms. The molecule has 0 spiro atoms. The minimum Gasteiger partial charge on any atom is -0.482 e. The van der Waals surface area contributed by atoms with E-state index in [2.05, 4.69) is 0 Å². The van der Waals surface area contributed by atoms with Crippen LogP contribution in [0.2, 0.25) is 5.02 Å². The van der Waals surface area contributed by atoms with Crippen LogP contribution in [0.25, 0.3) is 11.0 Å². The third kappa shape index (κ3) is 4.68. The van der Waals surface area contributed by atoms with Gasteiger partial charge in [0.05, 0.1) is 0 Å². The smallest absolute Gasteiger partial charge is 0.344 e. The van der Waals surface area contributed by atoms with Crippen LogP contribution in [-0.2, 0) is 16.1 Å². The van der Waals surface area contributed by atoms with Crippen molar-refractivity contribution in [3.8, 4) is 5.75 Å². The van der Waals surface area contributed by atoms with Crippen molar-refractivity contribution in [2.24, 2.45) is 0 Å². The molecule has 0 fully saturated rings. The molecule has 5 nitrogen and oxygen atoms in total. The van der Waals surface area contributed by atoms with Crippen molar-refractivity contribution in [3.05, 3.63) is 74.1 Å². The van der Waals surface area contributed by atoms with Crippen molar-refractivity contribution in [2.45, 2.75) is 27.4 Å². The number of hydrogen-bond acceptors (Lipinski definition) is 5. The second kappa shape index (κ2) is 7.84. The molecule has 0 aliphatic carbocycles. The fourth-order valence-electron chi connectivity index (χ4n) is 2.83. The first-order valence-electron chi connectivity index (χ1n) is 8.41. The van der Waals surface area contributed by atoms with E-state index >= 15 is 0 Å². The third-order valence-corrected chi connectivity index (χ3v) is 4.46. The summed E-state index contributed by atoms with van der Waals surface area (Å²) >= 11 is 6.16. The molecule has 140 valence electrons. The first kappa shape index (κ1) is 19.0. The highest BCUT2D eigenvalue weighted by Gasteiger charge is 2.11. The van der Waals surface area contributed by atoms with E-state index in [0.29, 0.717) is 27.3 Å². The van der Waals surface area contributed by atoms with Gasteiger partial charge in [0, 0.05) is 22.0 Å². The van der Waals surface area contributed by atoms with Gasteiger partial charge in [0.15, 0.2) is 6.61 Å². The summed E-state index contributed by atoms with van der Waals surface area (Å²) in [5, 5.41) is 1.18. The number of aryl methyl sites for hydroxylation is 3. The second-order valence-corrected chi connectivity index (χ2v) is 6.87. The van der Waals surface area contributed by atoms with Gasteiger partial charge in [0.25, 0.3) is 0 Å². The standard InChI is InChI=1S/C21H19ClO5/c1-12-4-13(2)6-16(5-12)25-11-21(24)26-10-15-8-20(23)27-19-7-14(3)18(22)9-17(15)19/h4-9H,10-11H2,1-3H3. The predicted molar refractivity (Wildman–Crippen MR) is 103 cm³/mol. The molecule has 0 saturated heterocycles. The molecule has 0 bridgehead atoms. The van der Waals surface area contributed by atoms with Gasteiger partial charge in [-0.15, -0.1) is 0 Å². The van der Waals surface area contributed by atoms with Crippen molar-refractivity contribution in [1.82, 2.24) is 0 Å². The molecule has 2 aromatic carbocycles. The van der Waals surface area contributed by atoms with E-state index in [0.717, 1.165) is 16.7 Å². The number of ether oxygens (including phenoxy) is 2. The van der Waals surface area contributed by atoms with Gasteiger partial charge in [0.2, 0.25) is 0 Å². The van der Waals surface area contributed by atoms with Crippen LogP contribution < -0.4 is 10.4 Å². The molecule has 3 aromatic rings. The van der Waals surface area contributed by atoms with E-state index in [4.69, 9.17) is 25.5 Å². The van der Waals surface area contributed by atoms with E-state index in [9.17, 15) is 9.59 Å². The number of halogens is 1. The topological polar surface area (TPSA) is 65.7 Å². The van der Waals surface area contributed by atoms with E-state index < -0.39 is 11.6 Å². The summed E-state index contributed by atoms with van der Waals surface area (Å²) in [7, 11) is 0. The first-order chi connectivity index (χ1) is 12.8. The summed E-state index contributed by atoms with van der Waals surface area (Å²) in [6, 6.07) is 10.4. The van der Waals surface area contributed by atoms with Crippen LogP contribution in [0.1, 0.15) is 22.3 Å². The van der Waals surface area contributed by atoms with E-state index in [1.165, 1.54) is 6.07 Å². The Morgan fingerprint density at radius 3 is 2.44 bits per heavy atom. The number of benzene rings is 2. The summed E-state index contributed by atoms with van der Waals surface area (Å²) in [5.41, 5.74) is 3.32. The van der Waals surface area contributed by atoms with Crippen molar-refractivity contribution >= 4 is 28.5 Å². The Balaban J connectivity index is 1.70. The maximum Gasteiger partial charge on any atom is 0.344 e. The Kier molecular flexibility index (Phi) is 5.51. The zero-order valence-electron chi connectivity index (χ0n) is 15.3. The van der Waals surface area contributed by atoms with Crippen molar-refractivity contribution in [1.29, 1.82) is 0 Å². The maximum atomic E-state index is 12.0. The zero-order valence-corrected chi connectivity index (χ0v) is 16.1. The number of carbonyl (C=O) groups excluding carboxylic acids is 1. The molecule has 0 unspecified atom stereocenters. The SMILES string of the molecule is Cc1cc(C)cc(OCC(=O)OCc2cc(=O)oc3cc(C)c(Cl)cc23)c1. The molecule has 0 radical (unpaired) electrons. The van der Waals surface area contributed by atoms with Crippen molar-refractivity contribution in [2.75, 3.05) is 6.61 Å². The lowest BCUT2D eigenvalue weighted by atomic mass is 10.1. The van der Waals surface area contributed by atoms with Crippen LogP contribution in [0, 0.1) is 20.8 Å². The number of fused-ring (bicyclic) bond motifs is 1. The Hall–Kier alpha value is -2.79. The van der Waals surface area contributed by atoms with Crippen LogP contribution in [0.4, 0.5) is 0 Å². The van der Waals surface area contributed by atoms with Gasteiger partial charge in [-0.25, -0.2) is 9.59 Å². The number of hydrogen-bond donors (Lipinski definition) is 0. The van der Waals surface area contributed by atoms with Crippen LogP contribution in [0.3, 0.4) is 0 Å². The van der Waals surface area contributed by atoms with Crippen LogP contribution >= 0.6 is 11.6 Å². The second-order valence-electron chi connectivity index (χ2n) is 6.46. The molecule has 0 amide bonds. The Morgan fingerprint density at radius 1 is 1.04 bits per heavy atom. The highest BCUT2D eigenvalue weighted by atomic mass is 35.5. The van der Waals surface area contributed by atoms with Gasteiger partial charge in [-0.3, -0.25) is 0 Å². The molecular formula is C21H19ClO5. The monoisotopic (exact) mass is 386 g/mol. The van der Waals surface area contributed by atoms with Crippen LogP contribution in [-0.4, -0.2) is 12.6 Å². The maximum absolute atomic E-state index is 12.0. The molecule has 0 saturated carbocycles. The lowest BCUT2D eigenvalue weighted by Crippen LogP contribution is -2.15. The quantitative estimate of drug-likeness (QED) is 0.477. The average molecular weight is 387 g/mol. The average Bonchev–Trinajstić information content (AvgIpc) is 2.58. The first-order valence-corrected chi connectivity index (χ1v) is 8.79. The van der Waals surface area contributed by atoms with Gasteiger partial charge in [-0.2, -0.15) is 0 Å². The van der Waals surface area contributed by atoms with Crippen LogP contribution in [0.5, 0.6) is 5.75 Å². The third-order valence-electron chi connectivity index (χ3n) is 4.05. The van der Waals surface area contributed by atoms with Gasteiger partial charge < -0.3 is 13.9 Å². The largest absolute Gasteiger partial charge is 0.482 e. The van der Waals surface area contributed by atoms with E-state index in [1.54, 1.807) is 12.1 Å². The molecule has 0 aliphatic heterocycles. The lowest BCUT2D eigenvalue weighted by Gasteiger charge is -2.10. The summed E-state index contributed by atoms with van der Waals surface area (Å²) in [6.07, 6.45) is 0. The molecule has 1 heterocycles. The van der Waals surface area contributed by atoms with Crippen LogP contribution in [0.15, 0.2) is 45.6 Å². The highest BCUT2D eigenvalue weighted by Crippen LogP contribution is 2.25. The summed E-state index contributed by atoms with van der Waals surface area (Å²) in [5.74, 6) is 0.0753. The molecular weight excluding hydrogens is 368 g/mol. The van der Waals surface area contributed by atoms with Crippen molar-refractivity contribution < 1.29 is 18.7 Å². The van der Waals surface area contributed by atoms with E-state index in [-0.39, 0.29) is 13.2 Å². The fraction of sp³-hybridized carbons (Fsp3) is 0.238. The van der Waals surface area contributed by atoms with Gasteiger partial charge in [-0.05, 0) is 61.7 Å². The predicted octanol–water partition coefficient (Wildman–Crippen LogP) is 4.49. The Labute approximate surface area is 161 Å². The number of rotatable bonds is 5. The van der Waals surface area contributed by atoms with E-state index in [1.807, 2.05) is 39.0 Å². The highest BCUT2D eigenvalue weighted by molar-refractivity contribution is 6.32. The number of carbonyl (C=O) groups is 1. The van der Waals surface area contributed by atoms with Gasteiger partial charge >= 0.3 is 11.6 Å². The summed E-state index contributed by atoms with van der Waals surface area (Å²) in [6.45, 7) is 5.44. The Bertz CT molecular complexity index is 1050. The summed E-state index contributed by atoms with van der Waals surface area (Å²) < 4.78 is 15.9. The van der Waals surface area contributed by atoms with Gasteiger partial charge in [0.1, 0.15) is 17.9 Å². The molecule has 3 rings (SSSR count). The molecule has 27 heavy (non-hydrogen) atoms. The molecule has 0 atom stereocenters. The molecule has 1 aromatic heterocycles. The molecule has 0 aliphatic rings. The number of esters is 1. The minimum absolute atomic E-state index is 0.0729. The zero-order chi connectivity index (χ0) is 19.6. The normalized spacial score (nSPS) is 10.8. The minimum atomic E-state index is -0.534.